The normalized spacial score (nSPS) is 22.0. The van der Waals surface area contributed by atoms with Crippen molar-refractivity contribution in [2.45, 2.75) is 49.4 Å². The zero-order chi connectivity index (χ0) is 26.6. The lowest BCUT2D eigenvalue weighted by Gasteiger charge is -2.31. The Morgan fingerprint density at radius 1 is 1.16 bits per heavy atom. The Bertz CT molecular complexity index is 1320. The number of nitrogens with one attached hydrogen (secondary N) is 1. The van der Waals surface area contributed by atoms with Crippen molar-refractivity contribution in [3.63, 3.8) is 0 Å². The zero-order valence-electron chi connectivity index (χ0n) is 19.2. The number of amides is 1. The Morgan fingerprint density at radius 2 is 1.84 bits per heavy atom. The molecular formula is C25H20Cl3F3N4O2. The van der Waals surface area contributed by atoms with Crippen LogP contribution in [-0.2, 0) is 10.4 Å². The number of halogens is 6. The van der Waals surface area contributed by atoms with Gasteiger partial charge in [-0.15, -0.1) is 0 Å². The van der Waals surface area contributed by atoms with E-state index in [-0.39, 0.29) is 37.9 Å². The Morgan fingerprint density at radius 3 is 2.41 bits per heavy atom. The van der Waals surface area contributed by atoms with E-state index in [1.54, 1.807) is 11.0 Å². The summed E-state index contributed by atoms with van der Waals surface area (Å²) in [6.45, 7) is 0.386. The van der Waals surface area contributed by atoms with E-state index in [0.717, 1.165) is 25.0 Å². The van der Waals surface area contributed by atoms with Gasteiger partial charge in [0, 0.05) is 27.8 Å². The van der Waals surface area contributed by atoms with Crippen LogP contribution in [0, 0.1) is 17.2 Å². The van der Waals surface area contributed by atoms with Crippen LogP contribution in [0.5, 0.6) is 0 Å². The fraction of sp³-hybridized carbons (Fsp3) is 0.400. The number of carbonyl (C=O) groups is 1. The minimum atomic E-state index is -4.83. The zero-order valence-corrected chi connectivity index (χ0v) is 21.5. The molecule has 1 N–H and O–H groups in total. The van der Waals surface area contributed by atoms with E-state index in [9.17, 15) is 23.2 Å². The van der Waals surface area contributed by atoms with Gasteiger partial charge < -0.3 is 15.1 Å². The first-order valence-corrected chi connectivity index (χ1v) is 12.7. The SMILES string of the molecule is N#CC1(NC(=O)c2cc(N(CC3CC3)C3=NOC(c4cc(Cl)cc(Cl)c4)(C(F)(F)F)C3)ccc2Cl)CC1. The Labute approximate surface area is 225 Å². The van der Waals surface area contributed by atoms with E-state index in [1.165, 1.54) is 18.2 Å². The predicted octanol–water partition coefficient (Wildman–Crippen LogP) is 6.84. The van der Waals surface area contributed by atoms with Gasteiger partial charge in [-0.3, -0.25) is 4.79 Å². The summed E-state index contributed by atoms with van der Waals surface area (Å²) in [6.07, 6.45) is -2.53. The summed E-state index contributed by atoms with van der Waals surface area (Å²) in [4.78, 5) is 19.7. The fourth-order valence-electron chi connectivity index (χ4n) is 4.27. The second-order valence-electron chi connectivity index (χ2n) is 9.62. The van der Waals surface area contributed by atoms with Crippen LogP contribution in [0.1, 0.15) is 48.0 Å². The number of rotatable bonds is 6. The summed E-state index contributed by atoms with van der Waals surface area (Å²) >= 11 is 18.3. The van der Waals surface area contributed by atoms with Crippen LogP contribution in [-0.4, -0.2) is 30.0 Å². The molecule has 37 heavy (non-hydrogen) atoms. The molecule has 0 saturated heterocycles. The molecule has 0 aromatic heterocycles. The molecular weight excluding hydrogens is 552 g/mol. The molecule has 1 unspecified atom stereocenters. The molecule has 2 aromatic carbocycles. The van der Waals surface area contributed by atoms with Crippen LogP contribution in [0.4, 0.5) is 18.9 Å². The maximum absolute atomic E-state index is 14.5. The highest BCUT2D eigenvalue weighted by Gasteiger charge is 2.63. The Balaban J connectivity index is 1.49. The van der Waals surface area contributed by atoms with Crippen molar-refractivity contribution in [3.05, 3.63) is 62.6 Å². The van der Waals surface area contributed by atoms with Crippen molar-refractivity contribution in [1.82, 2.24) is 5.32 Å². The van der Waals surface area contributed by atoms with Crippen LogP contribution in [0.3, 0.4) is 0 Å². The number of benzene rings is 2. The molecule has 3 aliphatic rings. The van der Waals surface area contributed by atoms with Crippen LogP contribution in [0.15, 0.2) is 41.6 Å². The van der Waals surface area contributed by atoms with Gasteiger partial charge in [0.25, 0.3) is 11.5 Å². The van der Waals surface area contributed by atoms with Crippen LogP contribution >= 0.6 is 34.8 Å². The molecule has 2 saturated carbocycles. The lowest BCUT2D eigenvalue weighted by Crippen LogP contribution is -2.44. The molecule has 1 heterocycles. The number of alkyl halides is 3. The first kappa shape index (κ1) is 26.0. The smallest absolute Gasteiger partial charge is 0.372 e. The number of hydrogen-bond donors (Lipinski definition) is 1. The third-order valence-electron chi connectivity index (χ3n) is 6.77. The molecule has 194 valence electrons. The van der Waals surface area contributed by atoms with E-state index in [0.29, 0.717) is 25.1 Å². The maximum Gasteiger partial charge on any atom is 0.435 e. The first-order chi connectivity index (χ1) is 17.5. The number of anilines is 1. The molecule has 12 heteroatoms. The lowest BCUT2D eigenvalue weighted by atomic mass is 9.89. The van der Waals surface area contributed by atoms with Crippen molar-refractivity contribution >= 4 is 52.2 Å². The van der Waals surface area contributed by atoms with E-state index >= 15 is 0 Å². The van der Waals surface area contributed by atoms with Gasteiger partial charge in [0.1, 0.15) is 5.54 Å². The molecule has 0 spiro atoms. The standard InChI is InChI=1S/C25H20Cl3F3N4O2/c26-16-7-15(8-17(27)9-16)24(25(29,30)31)11-21(34-37-24)35(12-14-1-2-14)18-3-4-20(28)19(10-18)22(36)33-23(13-32)5-6-23/h3-4,7-10,14H,1-2,5-6,11-12H2,(H,33,36). The molecule has 5 rings (SSSR count). The number of nitriles is 1. The Kier molecular flexibility index (Phi) is 6.50. The van der Waals surface area contributed by atoms with Crippen molar-refractivity contribution in [1.29, 1.82) is 5.26 Å². The van der Waals surface area contributed by atoms with E-state index in [4.69, 9.17) is 39.6 Å². The monoisotopic (exact) mass is 570 g/mol. The molecule has 2 aromatic rings. The Hall–Kier alpha value is -2.67. The predicted molar refractivity (Wildman–Crippen MR) is 134 cm³/mol. The van der Waals surface area contributed by atoms with Crippen LogP contribution in [0.25, 0.3) is 0 Å². The van der Waals surface area contributed by atoms with Crippen molar-refractivity contribution < 1.29 is 22.8 Å². The van der Waals surface area contributed by atoms with Crippen LogP contribution in [0.2, 0.25) is 15.1 Å². The minimum Gasteiger partial charge on any atom is -0.372 e. The highest BCUT2D eigenvalue weighted by atomic mass is 35.5. The largest absolute Gasteiger partial charge is 0.435 e. The molecule has 6 nitrogen and oxygen atoms in total. The summed E-state index contributed by atoms with van der Waals surface area (Å²) in [6, 6.07) is 10.4. The van der Waals surface area contributed by atoms with Gasteiger partial charge in [-0.05, 0) is 68.0 Å². The maximum atomic E-state index is 14.5. The summed E-state index contributed by atoms with van der Waals surface area (Å²) in [5.74, 6) is -0.227. The number of amidine groups is 1. The average Bonchev–Trinajstić information content (AvgIpc) is 3.75. The highest BCUT2D eigenvalue weighted by Crippen LogP contribution is 2.50. The van der Waals surface area contributed by atoms with Gasteiger partial charge in [-0.25, -0.2) is 0 Å². The topological polar surface area (TPSA) is 77.7 Å². The van der Waals surface area contributed by atoms with Crippen LogP contribution < -0.4 is 10.2 Å². The first-order valence-electron chi connectivity index (χ1n) is 11.5. The summed E-state index contributed by atoms with van der Waals surface area (Å²) in [5, 5.41) is 16.1. The molecule has 1 atom stereocenters. The third-order valence-corrected chi connectivity index (χ3v) is 7.54. The molecule has 0 radical (unpaired) electrons. The number of oxime groups is 1. The van der Waals surface area contributed by atoms with Crippen molar-refractivity contribution in [2.75, 3.05) is 11.4 Å². The number of hydrogen-bond acceptors (Lipinski definition) is 5. The minimum absolute atomic E-state index is 0.0390. The molecule has 0 bridgehead atoms. The lowest BCUT2D eigenvalue weighted by molar-refractivity contribution is -0.275. The quantitative estimate of drug-likeness (QED) is 0.412. The summed E-state index contributed by atoms with van der Waals surface area (Å²) in [7, 11) is 0. The fourth-order valence-corrected chi connectivity index (χ4v) is 5.00. The van der Waals surface area contributed by atoms with E-state index in [1.807, 2.05) is 0 Å². The molecule has 1 amide bonds. The molecule has 1 aliphatic heterocycles. The van der Waals surface area contributed by atoms with Gasteiger partial charge in [0.05, 0.1) is 23.1 Å². The van der Waals surface area contributed by atoms with Crippen molar-refractivity contribution in [3.8, 4) is 6.07 Å². The summed E-state index contributed by atoms with van der Waals surface area (Å²) in [5.41, 5.74) is -3.39. The molecule has 2 fully saturated rings. The van der Waals surface area contributed by atoms with Gasteiger partial charge in [-0.2, -0.15) is 18.4 Å². The number of carbonyl (C=O) groups excluding carboxylic acids is 1. The summed E-state index contributed by atoms with van der Waals surface area (Å²) < 4.78 is 43.5. The second-order valence-corrected chi connectivity index (χ2v) is 10.9. The third kappa shape index (κ3) is 5.07. The van der Waals surface area contributed by atoms with Gasteiger partial charge in [0.2, 0.25) is 0 Å². The van der Waals surface area contributed by atoms with Crippen molar-refractivity contribution in [2.24, 2.45) is 11.1 Å². The van der Waals surface area contributed by atoms with E-state index in [2.05, 4.69) is 16.5 Å². The highest BCUT2D eigenvalue weighted by molar-refractivity contribution is 6.35. The van der Waals surface area contributed by atoms with Gasteiger partial charge in [0.15, 0.2) is 5.84 Å². The average molecular weight is 572 g/mol. The second kappa shape index (κ2) is 9.26. The molecule has 2 aliphatic carbocycles. The number of nitrogens with zero attached hydrogens (tertiary/aromatic N) is 3. The van der Waals surface area contributed by atoms with Gasteiger partial charge >= 0.3 is 6.18 Å². The van der Waals surface area contributed by atoms with E-state index < -0.39 is 29.6 Å². The van der Waals surface area contributed by atoms with Gasteiger partial charge in [-0.1, -0.05) is 40.0 Å².